The number of hydrogen-bond donors (Lipinski definition) is 2. The first kappa shape index (κ1) is 19.8. The summed E-state index contributed by atoms with van der Waals surface area (Å²) in [6, 6.07) is 17.7. The molecule has 0 fully saturated rings. The zero-order valence-electron chi connectivity index (χ0n) is 14.9. The van der Waals surface area contributed by atoms with Gasteiger partial charge in [0, 0.05) is 6.42 Å². The molecule has 0 heterocycles. The molecule has 138 valence electrons. The lowest BCUT2D eigenvalue weighted by molar-refractivity contribution is -0.128. The third kappa shape index (κ3) is 7.19. The number of rotatable bonds is 9. The van der Waals surface area contributed by atoms with Gasteiger partial charge in [0.1, 0.15) is 5.75 Å². The second kappa shape index (κ2) is 11.2. The van der Waals surface area contributed by atoms with Crippen molar-refractivity contribution in [1.29, 1.82) is 0 Å². The van der Waals surface area contributed by atoms with E-state index in [0.29, 0.717) is 11.5 Å². The van der Waals surface area contributed by atoms with Crippen LogP contribution in [0.15, 0.2) is 54.6 Å². The van der Waals surface area contributed by atoms with Crippen LogP contribution in [0.1, 0.15) is 24.5 Å². The number of carbonyl (C=O) groups excluding carboxylic acids is 2. The quantitative estimate of drug-likeness (QED) is 0.525. The van der Waals surface area contributed by atoms with Gasteiger partial charge in [0.25, 0.3) is 5.91 Å². The van der Waals surface area contributed by atoms with E-state index >= 15 is 0 Å². The number of amides is 2. The summed E-state index contributed by atoms with van der Waals surface area (Å²) in [5.74, 6) is 1.29. The summed E-state index contributed by atoms with van der Waals surface area (Å²) in [6.45, 7) is 1.90. The molecule has 2 rings (SSSR count). The lowest BCUT2D eigenvalue weighted by Crippen LogP contribution is -2.44. The van der Waals surface area contributed by atoms with Crippen LogP contribution in [-0.2, 0) is 16.0 Å². The summed E-state index contributed by atoms with van der Waals surface area (Å²) in [7, 11) is 0. The Hall–Kier alpha value is -2.47. The van der Waals surface area contributed by atoms with E-state index in [2.05, 4.69) is 29.9 Å². The van der Waals surface area contributed by atoms with E-state index in [1.54, 1.807) is 0 Å². The van der Waals surface area contributed by atoms with Crippen LogP contribution >= 0.6 is 11.8 Å². The molecule has 0 bridgehead atoms. The molecule has 6 heteroatoms. The second-order valence-electron chi connectivity index (χ2n) is 5.71. The van der Waals surface area contributed by atoms with Gasteiger partial charge in [-0.1, -0.05) is 55.5 Å². The second-order valence-corrected chi connectivity index (χ2v) is 6.81. The normalized spacial score (nSPS) is 10.2. The van der Waals surface area contributed by atoms with Gasteiger partial charge in [0.2, 0.25) is 5.91 Å². The minimum atomic E-state index is -0.395. The zero-order valence-corrected chi connectivity index (χ0v) is 15.7. The van der Waals surface area contributed by atoms with Gasteiger partial charge < -0.3 is 4.74 Å². The minimum absolute atomic E-state index is 0.159. The standard InChI is InChI=1S/C20H24N2O3S/c1-2-12-26-15-20(24)22-21-19(23)14-25-18-11-7-6-10-17(18)13-16-8-4-3-5-9-16/h3-11H,2,12-15H2,1H3,(H,21,23)(H,22,24). The van der Waals surface area contributed by atoms with Crippen molar-refractivity contribution in [2.75, 3.05) is 18.1 Å². The van der Waals surface area contributed by atoms with Gasteiger partial charge in [-0.25, -0.2) is 0 Å². The summed E-state index contributed by atoms with van der Waals surface area (Å²) in [5.41, 5.74) is 6.94. The third-order valence-electron chi connectivity index (χ3n) is 3.49. The third-order valence-corrected chi connectivity index (χ3v) is 4.65. The van der Waals surface area contributed by atoms with Crippen molar-refractivity contribution >= 4 is 23.6 Å². The van der Waals surface area contributed by atoms with Crippen LogP contribution in [0.25, 0.3) is 0 Å². The molecule has 0 radical (unpaired) electrons. The Balaban J connectivity index is 1.80. The van der Waals surface area contributed by atoms with Crippen molar-refractivity contribution in [2.45, 2.75) is 19.8 Å². The summed E-state index contributed by atoms with van der Waals surface area (Å²) >= 11 is 1.53. The molecule has 0 aromatic heterocycles. The average Bonchev–Trinajstić information content (AvgIpc) is 2.67. The lowest BCUT2D eigenvalue weighted by Gasteiger charge is -2.12. The number of carbonyl (C=O) groups is 2. The first-order chi connectivity index (χ1) is 12.7. The number of ether oxygens (including phenoxy) is 1. The van der Waals surface area contributed by atoms with Gasteiger partial charge in [-0.15, -0.1) is 0 Å². The number of thioether (sulfide) groups is 1. The Morgan fingerprint density at radius 1 is 0.962 bits per heavy atom. The van der Waals surface area contributed by atoms with Crippen molar-refractivity contribution in [2.24, 2.45) is 0 Å². The fourth-order valence-electron chi connectivity index (χ4n) is 2.27. The van der Waals surface area contributed by atoms with Crippen molar-refractivity contribution in [3.05, 3.63) is 65.7 Å². The Bertz CT molecular complexity index is 707. The maximum absolute atomic E-state index is 11.9. The Kier molecular flexibility index (Phi) is 8.55. The van der Waals surface area contributed by atoms with Gasteiger partial charge in [-0.05, 0) is 29.4 Å². The Labute approximate surface area is 158 Å². The maximum Gasteiger partial charge on any atom is 0.276 e. The highest BCUT2D eigenvalue weighted by Gasteiger charge is 2.08. The average molecular weight is 372 g/mol. The first-order valence-corrected chi connectivity index (χ1v) is 9.74. The topological polar surface area (TPSA) is 67.4 Å². The monoisotopic (exact) mass is 372 g/mol. The molecule has 2 aromatic rings. The SMILES string of the molecule is CCCSCC(=O)NNC(=O)COc1ccccc1Cc1ccccc1. The molecule has 2 N–H and O–H groups in total. The number of nitrogens with one attached hydrogen (secondary N) is 2. The van der Waals surface area contributed by atoms with Gasteiger partial charge in [-0.3, -0.25) is 20.4 Å². The van der Waals surface area contributed by atoms with E-state index in [9.17, 15) is 9.59 Å². The molecule has 2 aromatic carbocycles. The summed E-state index contributed by atoms with van der Waals surface area (Å²) in [4.78, 5) is 23.4. The number of hydrogen-bond acceptors (Lipinski definition) is 4. The molecule has 0 aliphatic rings. The molecule has 0 saturated heterocycles. The molecule has 2 amide bonds. The van der Waals surface area contributed by atoms with E-state index < -0.39 is 5.91 Å². The molecular weight excluding hydrogens is 348 g/mol. The summed E-state index contributed by atoms with van der Waals surface area (Å²) < 4.78 is 5.63. The Morgan fingerprint density at radius 3 is 2.42 bits per heavy atom. The van der Waals surface area contributed by atoms with Crippen LogP contribution in [0, 0.1) is 0 Å². The number of benzene rings is 2. The van der Waals surface area contributed by atoms with E-state index in [0.717, 1.165) is 24.2 Å². The van der Waals surface area contributed by atoms with E-state index in [1.165, 1.54) is 17.3 Å². The Morgan fingerprint density at radius 2 is 1.65 bits per heavy atom. The highest BCUT2D eigenvalue weighted by molar-refractivity contribution is 7.99. The molecule has 0 aliphatic carbocycles. The molecule has 0 atom stereocenters. The number of para-hydroxylation sites is 1. The van der Waals surface area contributed by atoms with Crippen molar-refractivity contribution < 1.29 is 14.3 Å². The molecule has 5 nitrogen and oxygen atoms in total. The predicted molar refractivity (Wildman–Crippen MR) is 105 cm³/mol. The van der Waals surface area contributed by atoms with Gasteiger partial charge >= 0.3 is 0 Å². The molecule has 0 aliphatic heterocycles. The molecule has 0 unspecified atom stereocenters. The van der Waals surface area contributed by atoms with Crippen molar-refractivity contribution in [3.63, 3.8) is 0 Å². The summed E-state index contributed by atoms with van der Waals surface area (Å²) in [6.07, 6.45) is 1.74. The van der Waals surface area contributed by atoms with Crippen LogP contribution in [0.5, 0.6) is 5.75 Å². The zero-order chi connectivity index (χ0) is 18.6. The lowest BCUT2D eigenvalue weighted by atomic mass is 10.0. The maximum atomic E-state index is 11.9. The van der Waals surface area contributed by atoms with Crippen LogP contribution in [0.2, 0.25) is 0 Å². The number of hydrazine groups is 1. The smallest absolute Gasteiger partial charge is 0.276 e. The molecule has 0 saturated carbocycles. The van der Waals surface area contributed by atoms with E-state index in [1.807, 2.05) is 42.5 Å². The van der Waals surface area contributed by atoms with Gasteiger partial charge in [-0.2, -0.15) is 11.8 Å². The van der Waals surface area contributed by atoms with Crippen LogP contribution in [0.3, 0.4) is 0 Å². The van der Waals surface area contributed by atoms with E-state index in [-0.39, 0.29) is 12.5 Å². The fourth-order valence-corrected chi connectivity index (χ4v) is 2.96. The highest BCUT2D eigenvalue weighted by Crippen LogP contribution is 2.21. The van der Waals surface area contributed by atoms with Crippen molar-refractivity contribution in [3.8, 4) is 5.75 Å². The summed E-state index contributed by atoms with van der Waals surface area (Å²) in [5, 5.41) is 0. The van der Waals surface area contributed by atoms with Gasteiger partial charge in [0.15, 0.2) is 6.61 Å². The van der Waals surface area contributed by atoms with Crippen LogP contribution in [0.4, 0.5) is 0 Å². The predicted octanol–water partition coefficient (Wildman–Crippen LogP) is 2.95. The molecule has 26 heavy (non-hydrogen) atoms. The first-order valence-electron chi connectivity index (χ1n) is 8.59. The van der Waals surface area contributed by atoms with Gasteiger partial charge in [0.05, 0.1) is 5.75 Å². The minimum Gasteiger partial charge on any atom is -0.483 e. The largest absolute Gasteiger partial charge is 0.483 e. The fraction of sp³-hybridized carbons (Fsp3) is 0.300. The van der Waals surface area contributed by atoms with Crippen molar-refractivity contribution in [1.82, 2.24) is 10.9 Å². The van der Waals surface area contributed by atoms with E-state index in [4.69, 9.17) is 4.74 Å². The molecular formula is C20H24N2O3S. The highest BCUT2D eigenvalue weighted by atomic mass is 32.2. The van der Waals surface area contributed by atoms with Crippen LogP contribution < -0.4 is 15.6 Å². The van der Waals surface area contributed by atoms with Crippen LogP contribution in [-0.4, -0.2) is 29.9 Å². The molecule has 0 spiro atoms.